The average molecular weight is 294 g/mol. The monoisotopic (exact) mass is 293 g/mol. The van der Waals surface area contributed by atoms with Gasteiger partial charge in [-0.15, -0.1) is 0 Å². The van der Waals surface area contributed by atoms with Crippen LogP contribution in [0.3, 0.4) is 0 Å². The summed E-state index contributed by atoms with van der Waals surface area (Å²) in [5.41, 5.74) is 5.11. The number of primary amides is 1. The summed E-state index contributed by atoms with van der Waals surface area (Å²) in [4.78, 5) is 26.7. The number of carbonyl (C=O) groups is 2. The highest BCUT2D eigenvalue weighted by molar-refractivity contribution is 6.34. The molecule has 5 nitrogen and oxygen atoms in total. The summed E-state index contributed by atoms with van der Waals surface area (Å²) in [5, 5.41) is 2.50. The van der Waals surface area contributed by atoms with Crippen LogP contribution >= 0.6 is 11.6 Å². The molecule has 2 amide bonds. The van der Waals surface area contributed by atoms with Crippen molar-refractivity contribution in [1.29, 1.82) is 0 Å². The first-order valence-corrected chi connectivity index (χ1v) is 5.87. The average Bonchev–Trinajstić information content (AvgIpc) is 2.41. The van der Waals surface area contributed by atoms with Gasteiger partial charge >= 0.3 is 0 Å². The molecule has 0 saturated carbocycles. The van der Waals surface area contributed by atoms with Crippen molar-refractivity contribution in [2.75, 3.05) is 5.32 Å². The summed E-state index contributed by atoms with van der Waals surface area (Å²) >= 11 is 5.84. The number of anilines is 1. The predicted octanol–water partition coefficient (Wildman–Crippen LogP) is 2.23. The predicted molar refractivity (Wildman–Crippen MR) is 72.1 cm³/mol. The van der Waals surface area contributed by atoms with Crippen molar-refractivity contribution < 1.29 is 14.0 Å². The van der Waals surface area contributed by atoms with Gasteiger partial charge in [-0.25, -0.2) is 4.39 Å². The highest BCUT2D eigenvalue weighted by Gasteiger charge is 2.14. The lowest BCUT2D eigenvalue weighted by Gasteiger charge is -2.08. The fourth-order valence-corrected chi connectivity index (χ4v) is 1.70. The Morgan fingerprint density at radius 1 is 1.30 bits per heavy atom. The zero-order valence-electron chi connectivity index (χ0n) is 10.1. The molecule has 0 atom stereocenters. The van der Waals surface area contributed by atoms with E-state index in [1.54, 1.807) is 0 Å². The number of hydrogen-bond donors (Lipinski definition) is 2. The number of benzene rings is 1. The van der Waals surface area contributed by atoms with E-state index in [2.05, 4.69) is 10.3 Å². The molecule has 0 bridgehead atoms. The molecule has 0 spiro atoms. The summed E-state index contributed by atoms with van der Waals surface area (Å²) in [5.74, 6) is -2.05. The maximum absolute atomic E-state index is 13.6. The molecule has 3 N–H and O–H groups in total. The van der Waals surface area contributed by atoms with E-state index < -0.39 is 17.6 Å². The third-order valence-corrected chi connectivity index (χ3v) is 2.84. The lowest BCUT2D eigenvalue weighted by molar-refractivity contribution is 0.0996. The van der Waals surface area contributed by atoms with Gasteiger partial charge in [-0.2, -0.15) is 0 Å². The Morgan fingerprint density at radius 3 is 2.70 bits per heavy atom. The largest absolute Gasteiger partial charge is 0.366 e. The Balaban J connectivity index is 2.30. The number of carbonyl (C=O) groups excluding carboxylic acids is 2. The van der Waals surface area contributed by atoms with Gasteiger partial charge in [0.15, 0.2) is 0 Å². The fourth-order valence-electron chi connectivity index (χ4n) is 1.51. The van der Waals surface area contributed by atoms with Gasteiger partial charge in [-0.05, 0) is 24.3 Å². The minimum Gasteiger partial charge on any atom is -0.366 e. The number of rotatable bonds is 3. The van der Waals surface area contributed by atoms with Crippen molar-refractivity contribution in [2.45, 2.75) is 0 Å². The van der Waals surface area contributed by atoms with Gasteiger partial charge in [0, 0.05) is 18.0 Å². The lowest BCUT2D eigenvalue weighted by atomic mass is 10.1. The molecule has 2 aromatic rings. The fraction of sp³-hybridized carbons (Fsp3) is 0. The molecule has 0 aliphatic carbocycles. The van der Waals surface area contributed by atoms with Crippen LogP contribution in [0.4, 0.5) is 10.1 Å². The van der Waals surface area contributed by atoms with Crippen LogP contribution in [0, 0.1) is 5.82 Å². The van der Waals surface area contributed by atoms with Gasteiger partial charge in [0.1, 0.15) is 5.82 Å². The molecular weight excluding hydrogens is 285 g/mol. The lowest BCUT2D eigenvalue weighted by Crippen LogP contribution is -2.16. The zero-order chi connectivity index (χ0) is 14.7. The van der Waals surface area contributed by atoms with E-state index in [-0.39, 0.29) is 21.8 Å². The highest BCUT2D eigenvalue weighted by Crippen LogP contribution is 2.19. The van der Waals surface area contributed by atoms with Gasteiger partial charge in [-0.1, -0.05) is 11.6 Å². The second kappa shape index (κ2) is 5.66. The molecule has 20 heavy (non-hydrogen) atoms. The number of nitrogens with one attached hydrogen (secondary N) is 1. The molecule has 7 heteroatoms. The quantitative estimate of drug-likeness (QED) is 0.910. The van der Waals surface area contributed by atoms with Gasteiger partial charge in [0.05, 0.1) is 16.3 Å². The number of nitrogens with two attached hydrogens (primary N) is 1. The summed E-state index contributed by atoms with van der Waals surface area (Å²) in [6.45, 7) is 0. The Labute approximate surface area is 118 Å². The topological polar surface area (TPSA) is 85.1 Å². The molecule has 0 aliphatic rings. The van der Waals surface area contributed by atoms with Crippen molar-refractivity contribution in [3.63, 3.8) is 0 Å². The van der Waals surface area contributed by atoms with E-state index in [1.807, 2.05) is 0 Å². The molecule has 0 aliphatic heterocycles. The third-order valence-electron chi connectivity index (χ3n) is 2.51. The smallest absolute Gasteiger partial charge is 0.258 e. The normalized spacial score (nSPS) is 10.1. The standard InChI is InChI=1S/C13H9ClFN3O2/c14-9-3-4-17-6-8(9)13(20)18-11-5-7(12(16)19)1-2-10(11)15/h1-6H,(H2,16,19)(H,18,20). The van der Waals surface area contributed by atoms with Crippen LogP contribution in [0.5, 0.6) is 0 Å². The molecule has 1 aromatic carbocycles. The highest BCUT2D eigenvalue weighted by atomic mass is 35.5. The number of pyridine rings is 1. The summed E-state index contributed by atoms with van der Waals surface area (Å²) in [7, 11) is 0. The minimum atomic E-state index is -0.722. The second-order valence-electron chi connectivity index (χ2n) is 3.87. The summed E-state index contributed by atoms with van der Waals surface area (Å²) in [6, 6.07) is 4.86. The molecule has 0 unspecified atom stereocenters. The second-order valence-corrected chi connectivity index (χ2v) is 4.28. The summed E-state index contributed by atoms with van der Waals surface area (Å²) in [6.07, 6.45) is 2.68. The van der Waals surface area contributed by atoms with Gasteiger partial charge < -0.3 is 11.1 Å². The first-order chi connectivity index (χ1) is 9.49. The van der Waals surface area contributed by atoms with Crippen molar-refractivity contribution >= 4 is 29.1 Å². The molecule has 1 heterocycles. The van der Waals surface area contributed by atoms with Crippen LogP contribution in [-0.2, 0) is 0 Å². The number of amides is 2. The Hall–Kier alpha value is -2.47. The van der Waals surface area contributed by atoms with E-state index in [1.165, 1.54) is 24.5 Å². The molecule has 0 fully saturated rings. The first kappa shape index (κ1) is 14.0. The van der Waals surface area contributed by atoms with Crippen LogP contribution in [0.15, 0.2) is 36.7 Å². The van der Waals surface area contributed by atoms with Crippen LogP contribution in [0.1, 0.15) is 20.7 Å². The van der Waals surface area contributed by atoms with Crippen LogP contribution in [0.2, 0.25) is 5.02 Å². The molecule has 2 rings (SSSR count). The Morgan fingerprint density at radius 2 is 2.05 bits per heavy atom. The molecule has 102 valence electrons. The minimum absolute atomic E-state index is 0.0824. The van der Waals surface area contributed by atoms with E-state index in [9.17, 15) is 14.0 Å². The first-order valence-electron chi connectivity index (χ1n) is 5.49. The number of halogens is 2. The maximum Gasteiger partial charge on any atom is 0.258 e. The van der Waals surface area contributed by atoms with Gasteiger partial charge in [-0.3, -0.25) is 14.6 Å². The van der Waals surface area contributed by atoms with E-state index in [0.29, 0.717) is 0 Å². The maximum atomic E-state index is 13.6. The van der Waals surface area contributed by atoms with Crippen LogP contribution in [0.25, 0.3) is 0 Å². The van der Waals surface area contributed by atoms with Gasteiger partial charge in [0.25, 0.3) is 5.91 Å². The molecule has 0 radical (unpaired) electrons. The SMILES string of the molecule is NC(=O)c1ccc(F)c(NC(=O)c2cnccc2Cl)c1. The Kier molecular flexibility index (Phi) is 3.95. The van der Waals surface area contributed by atoms with E-state index in [0.717, 1.165) is 12.1 Å². The van der Waals surface area contributed by atoms with Gasteiger partial charge in [0.2, 0.25) is 5.91 Å². The van der Waals surface area contributed by atoms with Crippen molar-refractivity contribution in [3.8, 4) is 0 Å². The number of hydrogen-bond acceptors (Lipinski definition) is 3. The van der Waals surface area contributed by atoms with Crippen molar-refractivity contribution in [2.24, 2.45) is 5.73 Å². The molecule has 0 saturated heterocycles. The third kappa shape index (κ3) is 2.92. The Bertz CT molecular complexity index is 691. The number of nitrogens with zero attached hydrogens (tertiary/aromatic N) is 1. The summed E-state index contributed by atoms with van der Waals surface area (Å²) < 4.78 is 13.6. The van der Waals surface area contributed by atoms with E-state index >= 15 is 0 Å². The van der Waals surface area contributed by atoms with Crippen LogP contribution < -0.4 is 11.1 Å². The van der Waals surface area contributed by atoms with Crippen LogP contribution in [-0.4, -0.2) is 16.8 Å². The molecule has 1 aromatic heterocycles. The van der Waals surface area contributed by atoms with Crippen molar-refractivity contribution in [3.05, 3.63) is 58.6 Å². The number of aromatic nitrogens is 1. The zero-order valence-corrected chi connectivity index (χ0v) is 10.8. The molecular formula is C13H9ClFN3O2. The van der Waals surface area contributed by atoms with E-state index in [4.69, 9.17) is 17.3 Å². The van der Waals surface area contributed by atoms with Crippen molar-refractivity contribution in [1.82, 2.24) is 4.98 Å².